The highest BCUT2D eigenvalue weighted by atomic mass is 35.5. The van der Waals surface area contributed by atoms with E-state index < -0.39 is 110 Å². The van der Waals surface area contributed by atoms with Crippen LogP contribution in [0.2, 0.25) is 15.1 Å². The van der Waals surface area contributed by atoms with Crippen molar-refractivity contribution in [3.8, 4) is 0 Å². The van der Waals surface area contributed by atoms with Gasteiger partial charge in [0, 0.05) is 54.4 Å². The third kappa shape index (κ3) is 19.2. The zero-order chi connectivity index (χ0) is 67.6. The summed E-state index contributed by atoms with van der Waals surface area (Å²) in [6, 6.07) is 24.5. The van der Waals surface area contributed by atoms with E-state index in [1.807, 2.05) is 0 Å². The summed E-state index contributed by atoms with van der Waals surface area (Å²) in [6.45, 7) is 5.07. The van der Waals surface area contributed by atoms with Crippen LogP contribution in [0.25, 0.3) is 48.5 Å². The van der Waals surface area contributed by atoms with Crippen LogP contribution in [0.5, 0.6) is 0 Å². The number of carbonyl (C=O) groups excluding carboxylic acids is 4. The van der Waals surface area contributed by atoms with Crippen molar-refractivity contribution >= 4 is 164 Å². The molecule has 3 heterocycles. The summed E-state index contributed by atoms with van der Waals surface area (Å²) in [5.41, 5.74) is -4.03. The third-order valence-electron chi connectivity index (χ3n) is 12.8. The van der Waals surface area contributed by atoms with Gasteiger partial charge in [-0.05, 0) is 196 Å². The number of hydrogen-bond donors (Lipinski definition) is 7. The van der Waals surface area contributed by atoms with Crippen LogP contribution in [0.4, 0.5) is 26.3 Å². The number of amides is 3. The SMILES string of the molecule is CC(C)(C)C(=O)OCOP(=O)(O)C(C(=O)N/C=C/c1ccc(F)c(F)c1)c1csc2ccc(Cl)cc12.CP(=O)(O)C(C(=O)N/C=C/c1ccc(F)c(F)c1)c1csc2ccc(Cl)cc12.O=C(N/C=C/c1ccc(F)c(F)c1)C(c1csc2ccc(Cl)cc12)P(=O)(O)O. The number of hydrogen-bond acceptors (Lipinski definition) is 12. The Morgan fingerprint density at radius 1 is 0.500 bits per heavy atom. The third-order valence-corrected chi connectivity index (χ3v) is 20.8. The standard InChI is InChI=1S/C24H23ClF2NO6PS.C19H15ClF2NO3PS.C18H13ClF2NO4PS/c1-24(2,3)23(30)33-13-34-35(31,32)21(17-12-36-20-7-5-15(25)11-16(17)20)22(29)28-9-8-14-4-6-18(26)19(27)10-14;1-27(25,26)18(14-10-28-17-5-3-12(20)9-13(14)17)19(24)23-7-6-11-2-4-15(21)16(22)8-11;19-11-2-4-16-12(8-11)13(9-28-16)17(27(24,25)26)18(23)22-6-5-10-1-3-14(20)15(21)7-10/h4-12,21H,13H2,1-3H3,(H,28,29)(H,31,32);2-10,18H,1H3,(H,23,24)(H,25,26);1-9,17H,(H,22,23)(H2,24,25,26)/b9-8+;7-6+;6-5+. The van der Waals surface area contributed by atoms with Gasteiger partial charge in [0.15, 0.2) is 46.2 Å². The number of fused-ring (bicyclic) bond motifs is 3. The van der Waals surface area contributed by atoms with Gasteiger partial charge < -0.3 is 40.3 Å². The number of thiophene rings is 3. The fourth-order valence-corrected chi connectivity index (χ4v) is 15.7. The molecule has 0 aliphatic carbocycles. The molecule has 31 heteroatoms. The highest BCUT2D eigenvalue weighted by molar-refractivity contribution is 7.58. The summed E-state index contributed by atoms with van der Waals surface area (Å²) in [7, 11) is -13.5. The van der Waals surface area contributed by atoms with Crippen molar-refractivity contribution in [1.82, 2.24) is 16.0 Å². The molecule has 5 atom stereocenters. The molecule has 5 unspecified atom stereocenters. The molecular formula is C61H51Cl3F6N3O13P3S3. The molecule has 0 spiro atoms. The smallest absolute Gasteiger partial charge is 0.347 e. The lowest BCUT2D eigenvalue weighted by molar-refractivity contribution is -0.160. The Labute approximate surface area is 547 Å². The molecule has 3 amide bonds. The minimum atomic E-state index is -4.86. The highest BCUT2D eigenvalue weighted by Crippen LogP contribution is 2.59. The lowest BCUT2D eigenvalue weighted by Crippen LogP contribution is -2.27. The van der Waals surface area contributed by atoms with Crippen molar-refractivity contribution in [2.75, 3.05) is 13.5 Å². The quantitative estimate of drug-likeness (QED) is 0.0183. The molecule has 7 N–H and O–H groups in total. The first-order valence-electron chi connectivity index (χ1n) is 26.4. The zero-order valence-electron chi connectivity index (χ0n) is 48.0. The number of ether oxygens (including phenoxy) is 1. The Morgan fingerprint density at radius 2 is 0.826 bits per heavy atom. The van der Waals surface area contributed by atoms with E-state index in [4.69, 9.17) is 44.1 Å². The summed E-state index contributed by atoms with van der Waals surface area (Å²) in [5, 5.41) is 14.6. The summed E-state index contributed by atoms with van der Waals surface area (Å²) >= 11 is 21.9. The normalized spacial score (nSPS) is 14.2. The van der Waals surface area contributed by atoms with Gasteiger partial charge in [-0.15, -0.1) is 34.0 Å². The van der Waals surface area contributed by atoms with E-state index in [2.05, 4.69) is 16.0 Å². The minimum absolute atomic E-state index is 0.162. The largest absolute Gasteiger partial charge is 0.438 e. The lowest BCUT2D eigenvalue weighted by atomic mass is 9.98. The molecule has 3 aromatic heterocycles. The summed E-state index contributed by atoms with van der Waals surface area (Å²) in [5.74, 6) is -9.34. The maximum Gasteiger partial charge on any atom is 0.347 e. The van der Waals surface area contributed by atoms with E-state index in [0.717, 1.165) is 64.9 Å². The van der Waals surface area contributed by atoms with E-state index in [1.54, 1.807) is 74.7 Å². The van der Waals surface area contributed by atoms with Gasteiger partial charge in [0.1, 0.15) is 5.66 Å². The number of nitrogens with one attached hydrogen (secondary N) is 3. The molecule has 484 valence electrons. The van der Waals surface area contributed by atoms with Crippen LogP contribution < -0.4 is 16.0 Å². The van der Waals surface area contributed by atoms with Crippen LogP contribution in [0, 0.1) is 40.3 Å². The second-order valence-corrected chi connectivity index (χ2v) is 30.8. The Kier molecular flexibility index (Phi) is 24.5. The number of benzene rings is 6. The molecule has 9 aromatic rings. The molecule has 9 rings (SSSR count). The molecule has 0 fully saturated rings. The first kappa shape index (κ1) is 72.7. The number of esters is 1. The molecule has 16 nitrogen and oxygen atoms in total. The maximum atomic E-state index is 13.4. The molecule has 0 aliphatic heterocycles. The van der Waals surface area contributed by atoms with Gasteiger partial charge in [-0.25, -0.2) is 26.3 Å². The van der Waals surface area contributed by atoms with Crippen molar-refractivity contribution in [3.63, 3.8) is 0 Å². The topological polar surface area (TPSA) is 255 Å². The van der Waals surface area contributed by atoms with Gasteiger partial charge in [-0.3, -0.25) is 37.4 Å². The van der Waals surface area contributed by atoms with Gasteiger partial charge >= 0.3 is 21.2 Å². The predicted octanol–water partition coefficient (Wildman–Crippen LogP) is 16.8. The predicted molar refractivity (Wildman–Crippen MR) is 348 cm³/mol. The van der Waals surface area contributed by atoms with Crippen molar-refractivity contribution in [3.05, 3.63) is 227 Å². The van der Waals surface area contributed by atoms with Gasteiger partial charge in [-0.2, -0.15) is 0 Å². The van der Waals surface area contributed by atoms with Crippen LogP contribution in [0.15, 0.2) is 144 Å². The van der Waals surface area contributed by atoms with E-state index in [0.29, 0.717) is 47.1 Å². The first-order valence-corrected chi connectivity index (χ1v) is 35.7. The maximum absolute atomic E-state index is 13.4. The number of halogens is 9. The average molecular weight is 1440 g/mol. The minimum Gasteiger partial charge on any atom is -0.438 e. The Balaban J connectivity index is 0.000000198. The van der Waals surface area contributed by atoms with Crippen molar-refractivity contribution in [2.24, 2.45) is 5.41 Å². The fraction of sp³-hybridized carbons (Fsp3) is 0.148. The number of carbonyl (C=O) groups is 4. The Hall–Kier alpha value is -6.76. The first-order chi connectivity index (χ1) is 43.1. The van der Waals surface area contributed by atoms with Crippen LogP contribution in [-0.4, -0.2) is 56.7 Å². The zero-order valence-corrected chi connectivity index (χ0v) is 55.4. The van der Waals surface area contributed by atoms with Gasteiger partial charge in [0.05, 0.1) is 5.41 Å². The molecule has 0 aliphatic rings. The highest BCUT2D eigenvalue weighted by Gasteiger charge is 2.43. The Bertz CT molecular complexity index is 4340. The van der Waals surface area contributed by atoms with Gasteiger partial charge in [-0.1, -0.05) is 53.0 Å². The second kappa shape index (κ2) is 31.0. The number of rotatable bonds is 18. The van der Waals surface area contributed by atoms with E-state index >= 15 is 0 Å². The van der Waals surface area contributed by atoms with Gasteiger partial charge in [0.25, 0.3) is 0 Å². The van der Waals surface area contributed by atoms with Crippen LogP contribution in [-0.2, 0) is 42.1 Å². The van der Waals surface area contributed by atoms with Crippen LogP contribution in [0.1, 0.15) is 71.1 Å². The summed E-state index contributed by atoms with van der Waals surface area (Å²) < 4.78 is 129. The van der Waals surface area contributed by atoms with Crippen molar-refractivity contribution in [1.29, 1.82) is 0 Å². The average Bonchev–Trinajstić information content (AvgIpc) is 1.63. The lowest BCUT2D eigenvalue weighted by Gasteiger charge is -2.22. The summed E-state index contributed by atoms with van der Waals surface area (Å²) in [6.07, 6.45) is 7.38. The van der Waals surface area contributed by atoms with E-state index in [-0.39, 0.29) is 22.3 Å². The van der Waals surface area contributed by atoms with Crippen molar-refractivity contribution < 1.29 is 88.1 Å². The second-order valence-electron chi connectivity index (χ2n) is 20.8. The Morgan fingerprint density at radius 3 is 1.15 bits per heavy atom. The molecule has 0 saturated carbocycles. The van der Waals surface area contributed by atoms with E-state index in [1.165, 1.54) is 93.5 Å². The molecule has 0 saturated heterocycles. The van der Waals surface area contributed by atoms with E-state index in [9.17, 15) is 78.8 Å². The van der Waals surface area contributed by atoms with Crippen molar-refractivity contribution in [2.45, 2.75) is 37.7 Å². The summed E-state index contributed by atoms with van der Waals surface area (Å²) in [4.78, 5) is 90.8. The molecule has 0 bridgehead atoms. The molecule has 6 aromatic carbocycles. The van der Waals surface area contributed by atoms with Crippen LogP contribution >= 0.6 is 91.4 Å². The fourth-order valence-electron chi connectivity index (χ4n) is 8.45. The molecule has 0 radical (unpaired) electrons. The molecular weight excluding hydrogens is 1390 g/mol. The van der Waals surface area contributed by atoms with Crippen LogP contribution in [0.3, 0.4) is 0 Å². The monoisotopic (exact) mass is 1440 g/mol. The molecule has 92 heavy (non-hydrogen) atoms. The van der Waals surface area contributed by atoms with Gasteiger partial charge in [0.2, 0.25) is 31.9 Å².